The Morgan fingerprint density at radius 2 is 2.00 bits per heavy atom. The molecule has 1 saturated heterocycles. The van der Waals surface area contributed by atoms with E-state index in [2.05, 4.69) is 14.3 Å². The number of anilines is 1. The SMILES string of the molecule is O=C(C1=CN2CCS(=O)(=O)N=C2C=C1)N1CCCN(c2nccs2)CC1. The zero-order chi connectivity index (χ0) is 18.1. The molecule has 0 spiro atoms. The molecular weight excluding hydrogens is 374 g/mol. The third kappa shape index (κ3) is 3.51. The Morgan fingerprint density at radius 1 is 1.12 bits per heavy atom. The average molecular weight is 393 g/mol. The number of rotatable bonds is 2. The third-order valence-electron chi connectivity index (χ3n) is 4.54. The molecule has 4 rings (SSSR count). The lowest BCUT2D eigenvalue weighted by molar-refractivity contribution is -0.126. The highest BCUT2D eigenvalue weighted by Crippen LogP contribution is 2.21. The van der Waals surface area contributed by atoms with Crippen LogP contribution in [0, 0.1) is 0 Å². The molecule has 10 heteroatoms. The molecule has 1 fully saturated rings. The average Bonchev–Trinajstić information content (AvgIpc) is 3.05. The number of sulfonamides is 1. The van der Waals surface area contributed by atoms with E-state index in [1.165, 1.54) is 0 Å². The van der Waals surface area contributed by atoms with E-state index in [4.69, 9.17) is 0 Å². The third-order valence-corrected chi connectivity index (χ3v) is 6.54. The van der Waals surface area contributed by atoms with Crippen LogP contribution in [0.1, 0.15) is 6.42 Å². The maximum atomic E-state index is 12.9. The fourth-order valence-electron chi connectivity index (χ4n) is 3.19. The Labute approximate surface area is 156 Å². The van der Waals surface area contributed by atoms with Crippen LogP contribution in [0.4, 0.5) is 5.13 Å². The number of hydrogen-bond donors (Lipinski definition) is 0. The van der Waals surface area contributed by atoms with Gasteiger partial charge in [-0.3, -0.25) is 4.79 Å². The summed E-state index contributed by atoms with van der Waals surface area (Å²) < 4.78 is 26.9. The molecule has 0 aliphatic carbocycles. The topological polar surface area (TPSA) is 86.2 Å². The van der Waals surface area contributed by atoms with Crippen molar-refractivity contribution in [1.82, 2.24) is 14.8 Å². The highest BCUT2D eigenvalue weighted by Gasteiger charge is 2.27. The van der Waals surface area contributed by atoms with Gasteiger partial charge in [-0.15, -0.1) is 15.7 Å². The highest BCUT2D eigenvalue weighted by atomic mass is 32.2. The first-order valence-electron chi connectivity index (χ1n) is 8.45. The summed E-state index contributed by atoms with van der Waals surface area (Å²) in [6.07, 6.45) is 7.64. The van der Waals surface area contributed by atoms with Crippen LogP contribution in [0.2, 0.25) is 0 Å². The molecule has 1 aromatic heterocycles. The predicted molar refractivity (Wildman–Crippen MR) is 101 cm³/mol. The zero-order valence-electron chi connectivity index (χ0n) is 14.1. The Morgan fingerprint density at radius 3 is 2.81 bits per heavy atom. The van der Waals surface area contributed by atoms with Gasteiger partial charge in [0, 0.05) is 50.5 Å². The van der Waals surface area contributed by atoms with Crippen molar-refractivity contribution in [1.29, 1.82) is 0 Å². The van der Waals surface area contributed by atoms with Gasteiger partial charge in [0.15, 0.2) is 5.13 Å². The number of thiazole rings is 1. The molecular formula is C16H19N5O3S2. The number of amidine groups is 1. The number of amides is 1. The number of carbonyl (C=O) groups excluding carboxylic acids is 1. The van der Waals surface area contributed by atoms with Gasteiger partial charge in [0.05, 0.1) is 11.3 Å². The van der Waals surface area contributed by atoms with Crippen molar-refractivity contribution < 1.29 is 13.2 Å². The van der Waals surface area contributed by atoms with Crippen LogP contribution in [-0.4, -0.2) is 73.4 Å². The summed E-state index contributed by atoms with van der Waals surface area (Å²) in [5.41, 5.74) is 0.561. The van der Waals surface area contributed by atoms with E-state index in [0.717, 1.165) is 24.6 Å². The molecule has 0 saturated carbocycles. The standard InChI is InChI=1S/C16H19N5O3S2/c22-15(13-2-3-14-18-26(23,24)11-9-21(14)12-13)19-5-1-6-20(8-7-19)16-17-4-10-25-16/h2-4,10,12H,1,5-9,11H2. The normalized spacial score (nSPS) is 22.4. The van der Waals surface area contributed by atoms with E-state index in [9.17, 15) is 13.2 Å². The second kappa shape index (κ2) is 6.84. The molecule has 0 aromatic carbocycles. The first-order chi connectivity index (χ1) is 12.5. The molecule has 0 bridgehead atoms. The molecule has 0 radical (unpaired) electrons. The van der Waals surface area contributed by atoms with E-state index in [1.54, 1.807) is 40.8 Å². The summed E-state index contributed by atoms with van der Waals surface area (Å²) in [7, 11) is -3.38. The quantitative estimate of drug-likeness (QED) is 0.734. The van der Waals surface area contributed by atoms with Crippen molar-refractivity contribution in [3.8, 4) is 0 Å². The van der Waals surface area contributed by atoms with Gasteiger partial charge in [0.25, 0.3) is 15.9 Å². The molecule has 0 unspecified atom stereocenters. The number of nitrogens with zero attached hydrogens (tertiary/aromatic N) is 5. The van der Waals surface area contributed by atoms with Gasteiger partial charge in [0.1, 0.15) is 5.84 Å². The predicted octanol–water partition coefficient (Wildman–Crippen LogP) is 0.679. The summed E-state index contributed by atoms with van der Waals surface area (Å²) in [6.45, 7) is 3.29. The fourth-order valence-corrected chi connectivity index (χ4v) is 4.86. The van der Waals surface area contributed by atoms with Crippen LogP contribution in [0.25, 0.3) is 0 Å². The minimum atomic E-state index is -3.38. The number of hydrogen-bond acceptors (Lipinski definition) is 7. The monoisotopic (exact) mass is 393 g/mol. The summed E-state index contributed by atoms with van der Waals surface area (Å²) in [6, 6.07) is 0. The lowest BCUT2D eigenvalue weighted by Gasteiger charge is -2.28. The van der Waals surface area contributed by atoms with E-state index in [0.29, 0.717) is 31.0 Å². The van der Waals surface area contributed by atoms with Crippen molar-refractivity contribution in [3.05, 3.63) is 35.5 Å². The van der Waals surface area contributed by atoms with Gasteiger partial charge in [0.2, 0.25) is 0 Å². The maximum absolute atomic E-state index is 12.9. The minimum Gasteiger partial charge on any atom is -0.346 e. The Balaban J connectivity index is 1.45. The molecule has 0 atom stereocenters. The van der Waals surface area contributed by atoms with E-state index < -0.39 is 10.0 Å². The van der Waals surface area contributed by atoms with E-state index >= 15 is 0 Å². The van der Waals surface area contributed by atoms with Crippen LogP contribution < -0.4 is 4.90 Å². The summed E-state index contributed by atoms with van der Waals surface area (Å²) in [5.74, 6) is 0.308. The molecule has 0 N–H and O–H groups in total. The molecule has 1 aromatic rings. The van der Waals surface area contributed by atoms with Crippen molar-refractivity contribution in [2.75, 3.05) is 43.4 Å². The van der Waals surface area contributed by atoms with Gasteiger partial charge in [-0.25, -0.2) is 13.4 Å². The molecule has 1 amide bonds. The van der Waals surface area contributed by atoms with Crippen LogP contribution in [0.5, 0.6) is 0 Å². The summed E-state index contributed by atoms with van der Waals surface area (Å²) in [5, 5.41) is 2.95. The van der Waals surface area contributed by atoms with Crippen molar-refractivity contribution in [2.24, 2.45) is 4.40 Å². The summed E-state index contributed by atoms with van der Waals surface area (Å²) in [4.78, 5) is 23.0. The van der Waals surface area contributed by atoms with Crippen molar-refractivity contribution >= 4 is 38.2 Å². The van der Waals surface area contributed by atoms with Crippen LogP contribution >= 0.6 is 11.3 Å². The van der Waals surface area contributed by atoms with Gasteiger partial charge in [-0.2, -0.15) is 0 Å². The maximum Gasteiger partial charge on any atom is 0.256 e. The molecule has 4 heterocycles. The van der Waals surface area contributed by atoms with Gasteiger partial charge in [-0.1, -0.05) is 0 Å². The minimum absolute atomic E-state index is 0.0327. The summed E-state index contributed by atoms with van der Waals surface area (Å²) >= 11 is 1.61. The molecule has 138 valence electrons. The first-order valence-corrected chi connectivity index (χ1v) is 10.9. The second-order valence-electron chi connectivity index (χ2n) is 6.29. The molecule has 3 aliphatic heterocycles. The van der Waals surface area contributed by atoms with Crippen LogP contribution in [0.15, 0.2) is 39.9 Å². The zero-order valence-corrected chi connectivity index (χ0v) is 15.7. The molecule has 3 aliphatic rings. The molecule has 8 nitrogen and oxygen atoms in total. The van der Waals surface area contributed by atoms with E-state index in [-0.39, 0.29) is 11.7 Å². The van der Waals surface area contributed by atoms with E-state index in [1.807, 2.05) is 10.3 Å². The number of fused-ring (bicyclic) bond motifs is 1. The fraction of sp³-hybridized carbons (Fsp3) is 0.438. The smallest absolute Gasteiger partial charge is 0.256 e. The number of carbonyl (C=O) groups is 1. The van der Waals surface area contributed by atoms with Crippen molar-refractivity contribution in [3.63, 3.8) is 0 Å². The first kappa shape index (κ1) is 17.2. The van der Waals surface area contributed by atoms with Gasteiger partial charge >= 0.3 is 0 Å². The van der Waals surface area contributed by atoms with Crippen LogP contribution in [-0.2, 0) is 14.8 Å². The lowest BCUT2D eigenvalue weighted by atomic mass is 10.1. The molecule has 26 heavy (non-hydrogen) atoms. The largest absolute Gasteiger partial charge is 0.346 e. The Kier molecular flexibility index (Phi) is 4.53. The van der Waals surface area contributed by atoms with Crippen LogP contribution in [0.3, 0.4) is 0 Å². The highest BCUT2D eigenvalue weighted by molar-refractivity contribution is 7.90. The van der Waals surface area contributed by atoms with Gasteiger partial charge in [-0.05, 0) is 18.6 Å². The second-order valence-corrected chi connectivity index (χ2v) is 8.92. The number of aromatic nitrogens is 1. The lowest BCUT2D eigenvalue weighted by Crippen LogP contribution is -2.40. The van der Waals surface area contributed by atoms with Crippen molar-refractivity contribution in [2.45, 2.75) is 6.42 Å². The van der Waals surface area contributed by atoms with Gasteiger partial charge < -0.3 is 14.7 Å². The Bertz CT molecular complexity index is 889. The Hall–Kier alpha value is -2.20.